The fourth-order valence-electron chi connectivity index (χ4n) is 2.64. The maximum absolute atomic E-state index is 12.0. The number of amides is 1. The molecule has 1 aromatic rings. The Morgan fingerprint density at radius 2 is 2.18 bits per heavy atom. The van der Waals surface area contributed by atoms with Crippen LogP contribution < -0.4 is 15.4 Å². The number of piperidine rings is 1. The number of carbonyl (C=O) groups is 1. The molecule has 1 aliphatic heterocycles. The molecule has 2 atom stereocenters. The van der Waals surface area contributed by atoms with E-state index in [2.05, 4.69) is 23.6 Å². The van der Waals surface area contributed by atoms with E-state index < -0.39 is 0 Å². The van der Waals surface area contributed by atoms with Gasteiger partial charge in [0.2, 0.25) is 5.91 Å². The van der Waals surface area contributed by atoms with E-state index in [4.69, 9.17) is 4.74 Å². The number of benzene rings is 1. The molecule has 1 amide bonds. The van der Waals surface area contributed by atoms with Crippen LogP contribution in [0.4, 0.5) is 0 Å². The Kier molecular flexibility index (Phi) is 7.69. The van der Waals surface area contributed by atoms with Crippen molar-refractivity contribution < 1.29 is 9.53 Å². The van der Waals surface area contributed by atoms with Crippen LogP contribution in [0.2, 0.25) is 0 Å². The molecule has 1 aromatic carbocycles. The van der Waals surface area contributed by atoms with Crippen molar-refractivity contribution >= 4 is 18.3 Å². The molecule has 124 valence electrons. The summed E-state index contributed by atoms with van der Waals surface area (Å²) in [4.78, 5) is 12.0. The van der Waals surface area contributed by atoms with E-state index in [9.17, 15) is 4.79 Å². The molecule has 2 N–H and O–H groups in total. The fourth-order valence-corrected chi connectivity index (χ4v) is 2.64. The van der Waals surface area contributed by atoms with Crippen LogP contribution in [0.1, 0.15) is 37.3 Å². The van der Waals surface area contributed by atoms with Crippen molar-refractivity contribution in [3.63, 3.8) is 0 Å². The monoisotopic (exact) mass is 326 g/mol. The Bertz CT molecular complexity index is 494. The molecule has 0 bridgehead atoms. The number of nitrogens with one attached hydrogen (secondary N) is 2. The van der Waals surface area contributed by atoms with Crippen molar-refractivity contribution in [3.8, 4) is 5.75 Å². The number of halogens is 1. The number of carbonyl (C=O) groups excluding carboxylic acids is 1. The predicted molar refractivity (Wildman–Crippen MR) is 91.9 cm³/mol. The molecule has 1 fully saturated rings. The topological polar surface area (TPSA) is 50.4 Å². The van der Waals surface area contributed by atoms with Gasteiger partial charge in [0, 0.05) is 12.1 Å². The van der Waals surface area contributed by atoms with Gasteiger partial charge in [-0.2, -0.15) is 0 Å². The van der Waals surface area contributed by atoms with Crippen LogP contribution in [0, 0.1) is 13.8 Å². The second-order valence-corrected chi connectivity index (χ2v) is 5.93. The maximum atomic E-state index is 12.0. The normalized spacial score (nSPS) is 20.9. The molecule has 0 saturated carbocycles. The summed E-state index contributed by atoms with van der Waals surface area (Å²) in [5.41, 5.74) is 2.27. The van der Waals surface area contributed by atoms with Gasteiger partial charge in [0.05, 0.1) is 13.0 Å². The van der Waals surface area contributed by atoms with E-state index in [1.54, 1.807) is 0 Å². The molecule has 5 heteroatoms. The third kappa shape index (κ3) is 5.50. The van der Waals surface area contributed by atoms with Crippen molar-refractivity contribution in [2.45, 2.75) is 52.1 Å². The van der Waals surface area contributed by atoms with Crippen molar-refractivity contribution in [1.29, 1.82) is 0 Å². The minimum atomic E-state index is 0. The van der Waals surface area contributed by atoms with Gasteiger partial charge in [-0.3, -0.25) is 4.79 Å². The van der Waals surface area contributed by atoms with Crippen molar-refractivity contribution in [1.82, 2.24) is 10.6 Å². The Morgan fingerprint density at radius 1 is 1.41 bits per heavy atom. The van der Waals surface area contributed by atoms with Crippen LogP contribution in [0.3, 0.4) is 0 Å². The van der Waals surface area contributed by atoms with Crippen LogP contribution in [-0.2, 0) is 4.79 Å². The average Bonchev–Trinajstić information content (AvgIpc) is 2.45. The molecule has 22 heavy (non-hydrogen) atoms. The second kappa shape index (κ2) is 9.01. The van der Waals surface area contributed by atoms with Gasteiger partial charge in [-0.25, -0.2) is 0 Å². The van der Waals surface area contributed by atoms with Gasteiger partial charge in [-0.1, -0.05) is 12.1 Å². The highest BCUT2D eigenvalue weighted by molar-refractivity contribution is 5.85. The third-order valence-electron chi connectivity index (χ3n) is 4.04. The van der Waals surface area contributed by atoms with Crippen molar-refractivity contribution in [3.05, 3.63) is 29.3 Å². The fraction of sp³-hybridized carbons (Fsp3) is 0.588. The molecule has 0 aromatic heterocycles. The summed E-state index contributed by atoms with van der Waals surface area (Å²) < 4.78 is 5.73. The molecular weight excluding hydrogens is 300 g/mol. The molecular formula is C17H27ClN2O2. The second-order valence-electron chi connectivity index (χ2n) is 5.93. The molecule has 0 radical (unpaired) electrons. The third-order valence-corrected chi connectivity index (χ3v) is 4.04. The van der Waals surface area contributed by atoms with E-state index in [0.717, 1.165) is 30.7 Å². The zero-order valence-corrected chi connectivity index (χ0v) is 14.5. The van der Waals surface area contributed by atoms with Gasteiger partial charge in [-0.15, -0.1) is 12.4 Å². The first kappa shape index (κ1) is 18.8. The molecule has 1 aliphatic rings. The highest BCUT2D eigenvalue weighted by Crippen LogP contribution is 2.19. The molecule has 0 spiro atoms. The minimum absolute atomic E-state index is 0. The van der Waals surface area contributed by atoms with Crippen molar-refractivity contribution in [2.75, 3.05) is 13.2 Å². The Hall–Kier alpha value is -1.26. The summed E-state index contributed by atoms with van der Waals surface area (Å²) in [6.07, 6.45) is 2.57. The zero-order valence-electron chi connectivity index (χ0n) is 13.6. The van der Waals surface area contributed by atoms with Gasteiger partial charge in [0.15, 0.2) is 0 Å². The summed E-state index contributed by atoms with van der Waals surface area (Å²) in [5, 5.41) is 6.49. The van der Waals surface area contributed by atoms with E-state index in [1.165, 1.54) is 5.56 Å². The number of ether oxygens (including phenoxy) is 1. The maximum Gasteiger partial charge on any atom is 0.223 e. The molecule has 4 nitrogen and oxygen atoms in total. The lowest BCUT2D eigenvalue weighted by Gasteiger charge is -2.30. The van der Waals surface area contributed by atoms with Gasteiger partial charge in [-0.05, 0) is 57.4 Å². The number of aryl methyl sites for hydroxylation is 2. The van der Waals surface area contributed by atoms with Gasteiger partial charge < -0.3 is 15.4 Å². The highest BCUT2D eigenvalue weighted by atomic mass is 35.5. The zero-order chi connectivity index (χ0) is 15.2. The first-order valence-corrected chi connectivity index (χ1v) is 7.79. The SMILES string of the molecule is Cc1ccc(C)c(OCCC(=O)NC2CCCNC2C)c1.Cl. The van der Waals surface area contributed by atoms with E-state index in [0.29, 0.717) is 19.1 Å². The van der Waals surface area contributed by atoms with E-state index in [-0.39, 0.29) is 24.4 Å². The Balaban J connectivity index is 0.00000242. The molecule has 2 rings (SSSR count). The van der Waals surface area contributed by atoms with Gasteiger partial charge >= 0.3 is 0 Å². The first-order valence-electron chi connectivity index (χ1n) is 7.79. The van der Waals surface area contributed by atoms with E-state index in [1.807, 2.05) is 26.0 Å². The minimum Gasteiger partial charge on any atom is -0.493 e. The standard InChI is InChI=1S/C17H26N2O2.ClH/c1-12-6-7-13(2)16(11-12)21-10-8-17(20)19-15-5-4-9-18-14(15)3;/h6-7,11,14-15,18H,4-5,8-10H2,1-3H3,(H,19,20);1H. The van der Waals surface area contributed by atoms with Crippen LogP contribution in [0.5, 0.6) is 5.75 Å². The summed E-state index contributed by atoms with van der Waals surface area (Å²) in [7, 11) is 0. The van der Waals surface area contributed by atoms with Crippen LogP contribution in [-0.4, -0.2) is 31.1 Å². The number of hydrogen-bond donors (Lipinski definition) is 2. The Labute approximate surface area is 139 Å². The van der Waals surface area contributed by atoms with Crippen LogP contribution in [0.25, 0.3) is 0 Å². The summed E-state index contributed by atoms with van der Waals surface area (Å²) in [6, 6.07) is 6.71. The predicted octanol–water partition coefficient (Wildman–Crippen LogP) is 2.75. The number of hydrogen-bond acceptors (Lipinski definition) is 3. The molecule has 2 unspecified atom stereocenters. The lowest BCUT2D eigenvalue weighted by molar-refractivity contribution is -0.122. The lowest BCUT2D eigenvalue weighted by Crippen LogP contribution is -2.52. The Morgan fingerprint density at radius 3 is 2.91 bits per heavy atom. The largest absolute Gasteiger partial charge is 0.493 e. The number of rotatable bonds is 5. The van der Waals surface area contributed by atoms with Gasteiger partial charge in [0.25, 0.3) is 0 Å². The van der Waals surface area contributed by atoms with E-state index >= 15 is 0 Å². The van der Waals surface area contributed by atoms with Crippen LogP contribution >= 0.6 is 12.4 Å². The molecule has 1 saturated heterocycles. The average molecular weight is 327 g/mol. The first-order chi connectivity index (χ1) is 10.1. The highest BCUT2D eigenvalue weighted by Gasteiger charge is 2.22. The van der Waals surface area contributed by atoms with Crippen LogP contribution in [0.15, 0.2) is 18.2 Å². The van der Waals surface area contributed by atoms with Gasteiger partial charge in [0.1, 0.15) is 5.75 Å². The molecule has 0 aliphatic carbocycles. The molecule has 1 heterocycles. The quantitative estimate of drug-likeness (QED) is 0.874. The summed E-state index contributed by atoms with van der Waals surface area (Å²) >= 11 is 0. The lowest BCUT2D eigenvalue weighted by atomic mass is 10.00. The smallest absolute Gasteiger partial charge is 0.223 e. The summed E-state index contributed by atoms with van der Waals surface area (Å²) in [5.74, 6) is 0.941. The summed E-state index contributed by atoms with van der Waals surface area (Å²) in [6.45, 7) is 7.64. The van der Waals surface area contributed by atoms with Crippen molar-refractivity contribution in [2.24, 2.45) is 0 Å².